The molecule has 0 amide bonds. The average Bonchev–Trinajstić information content (AvgIpc) is 2.97. The standard InChI is InChI=1S/C17H21N3P/c1-21(2,3)15-9-7-14(8-10-15)16-11-13-20(19-16)17-6-4-5-12-18-17/h4-13,16,19H,1-3H3/q+1. The van der Waals surface area contributed by atoms with Crippen molar-refractivity contribution >= 4 is 18.4 Å². The first-order valence-corrected chi connectivity index (χ1v) is 10.2. The minimum atomic E-state index is -0.938. The fourth-order valence-corrected chi connectivity index (χ4v) is 3.40. The van der Waals surface area contributed by atoms with Gasteiger partial charge in [-0.25, -0.2) is 10.4 Å². The number of hydrogen-bond acceptors (Lipinski definition) is 3. The number of aromatic nitrogens is 1. The van der Waals surface area contributed by atoms with Gasteiger partial charge in [0, 0.05) is 19.7 Å². The van der Waals surface area contributed by atoms with Crippen molar-refractivity contribution < 1.29 is 0 Å². The lowest BCUT2D eigenvalue weighted by atomic mass is 10.1. The molecule has 4 heteroatoms. The Labute approximate surface area is 127 Å². The molecule has 1 aliphatic rings. The van der Waals surface area contributed by atoms with E-state index in [2.05, 4.69) is 60.7 Å². The number of anilines is 1. The second kappa shape index (κ2) is 5.59. The molecule has 1 aromatic carbocycles. The Balaban J connectivity index is 1.74. The van der Waals surface area contributed by atoms with E-state index >= 15 is 0 Å². The molecule has 3 nitrogen and oxygen atoms in total. The number of pyridine rings is 1. The smallest absolute Gasteiger partial charge is 0.146 e. The predicted molar refractivity (Wildman–Crippen MR) is 92.5 cm³/mol. The molecule has 3 rings (SSSR count). The van der Waals surface area contributed by atoms with Gasteiger partial charge < -0.3 is 0 Å². The highest BCUT2D eigenvalue weighted by Gasteiger charge is 2.23. The molecule has 0 saturated heterocycles. The summed E-state index contributed by atoms with van der Waals surface area (Å²) in [6.07, 6.45) is 6.01. The summed E-state index contributed by atoms with van der Waals surface area (Å²) in [6.45, 7) is 7.04. The first-order chi connectivity index (χ1) is 10.0. The third-order valence-electron chi connectivity index (χ3n) is 3.63. The Morgan fingerprint density at radius 1 is 1.05 bits per heavy atom. The molecule has 108 valence electrons. The van der Waals surface area contributed by atoms with E-state index in [4.69, 9.17) is 0 Å². The van der Waals surface area contributed by atoms with E-state index in [1.54, 1.807) is 6.20 Å². The SMILES string of the molecule is C[P+](C)(C)c1ccc(C2C=CN(c3ccccn3)N2)cc1. The van der Waals surface area contributed by atoms with Crippen LogP contribution in [-0.4, -0.2) is 25.0 Å². The normalized spacial score (nSPS) is 18.2. The van der Waals surface area contributed by atoms with Gasteiger partial charge in [0.1, 0.15) is 5.82 Å². The van der Waals surface area contributed by atoms with Gasteiger partial charge in [0.15, 0.2) is 0 Å². The number of nitrogens with one attached hydrogen (secondary N) is 1. The summed E-state index contributed by atoms with van der Waals surface area (Å²) in [5, 5.41) is 3.44. The van der Waals surface area contributed by atoms with Gasteiger partial charge in [0.25, 0.3) is 0 Å². The van der Waals surface area contributed by atoms with Gasteiger partial charge in [-0.1, -0.05) is 18.2 Å². The van der Waals surface area contributed by atoms with Gasteiger partial charge in [-0.15, -0.1) is 0 Å². The van der Waals surface area contributed by atoms with E-state index in [-0.39, 0.29) is 6.04 Å². The number of hydrogen-bond donors (Lipinski definition) is 1. The summed E-state index contributed by atoms with van der Waals surface area (Å²) in [5.74, 6) is 0.911. The molecule has 21 heavy (non-hydrogen) atoms. The summed E-state index contributed by atoms with van der Waals surface area (Å²) in [5.41, 5.74) is 4.73. The van der Waals surface area contributed by atoms with Crippen molar-refractivity contribution in [2.75, 3.05) is 25.0 Å². The van der Waals surface area contributed by atoms with E-state index in [1.807, 2.05) is 29.4 Å². The number of benzene rings is 1. The van der Waals surface area contributed by atoms with E-state index in [9.17, 15) is 0 Å². The summed E-state index contributed by atoms with van der Waals surface area (Å²) in [6, 6.07) is 15.1. The Morgan fingerprint density at radius 2 is 1.81 bits per heavy atom. The monoisotopic (exact) mass is 298 g/mol. The number of nitrogens with zero attached hydrogens (tertiary/aromatic N) is 2. The van der Waals surface area contributed by atoms with Crippen LogP contribution >= 0.6 is 7.26 Å². The van der Waals surface area contributed by atoms with Crippen molar-refractivity contribution in [2.24, 2.45) is 0 Å². The fraction of sp³-hybridized carbons (Fsp3) is 0.235. The van der Waals surface area contributed by atoms with Crippen molar-refractivity contribution in [2.45, 2.75) is 6.04 Å². The molecular weight excluding hydrogens is 277 g/mol. The highest BCUT2D eigenvalue weighted by molar-refractivity contribution is 7.80. The Morgan fingerprint density at radius 3 is 2.43 bits per heavy atom. The Kier molecular flexibility index (Phi) is 3.79. The van der Waals surface area contributed by atoms with E-state index in [0.29, 0.717) is 0 Å². The molecule has 0 bridgehead atoms. The van der Waals surface area contributed by atoms with Crippen molar-refractivity contribution in [3.63, 3.8) is 0 Å². The zero-order valence-electron chi connectivity index (χ0n) is 12.7. The predicted octanol–water partition coefficient (Wildman–Crippen LogP) is 3.19. The fourth-order valence-electron chi connectivity index (χ4n) is 2.36. The van der Waals surface area contributed by atoms with Crippen LogP contribution in [-0.2, 0) is 0 Å². The first-order valence-electron chi connectivity index (χ1n) is 7.11. The van der Waals surface area contributed by atoms with Gasteiger partial charge in [0.05, 0.1) is 31.3 Å². The molecule has 1 aromatic heterocycles. The minimum absolute atomic E-state index is 0.208. The molecule has 1 aliphatic heterocycles. The van der Waals surface area contributed by atoms with Crippen LogP contribution in [0.15, 0.2) is 60.9 Å². The Bertz CT molecular complexity index is 629. The van der Waals surface area contributed by atoms with Gasteiger partial charge in [-0.05, 0) is 35.9 Å². The van der Waals surface area contributed by atoms with Gasteiger partial charge in [-0.2, -0.15) is 0 Å². The quantitative estimate of drug-likeness (QED) is 0.882. The molecule has 2 aromatic rings. The maximum atomic E-state index is 4.35. The van der Waals surface area contributed by atoms with Crippen LogP contribution in [0.3, 0.4) is 0 Å². The molecule has 2 heterocycles. The van der Waals surface area contributed by atoms with Crippen LogP contribution in [0.25, 0.3) is 0 Å². The molecule has 1 unspecified atom stereocenters. The number of hydrazine groups is 1. The second-order valence-corrected chi connectivity index (χ2v) is 10.7. The molecule has 1 N–H and O–H groups in total. The van der Waals surface area contributed by atoms with Crippen molar-refractivity contribution in [3.8, 4) is 0 Å². The average molecular weight is 298 g/mol. The molecule has 0 aliphatic carbocycles. The highest BCUT2D eigenvalue weighted by Crippen LogP contribution is 2.44. The molecule has 0 radical (unpaired) electrons. The van der Waals surface area contributed by atoms with Crippen LogP contribution in [0.5, 0.6) is 0 Å². The van der Waals surface area contributed by atoms with Crippen LogP contribution in [0.4, 0.5) is 5.82 Å². The van der Waals surface area contributed by atoms with Crippen LogP contribution in [0.1, 0.15) is 11.6 Å². The maximum Gasteiger partial charge on any atom is 0.146 e. The van der Waals surface area contributed by atoms with Crippen LogP contribution < -0.4 is 15.7 Å². The summed E-state index contributed by atoms with van der Waals surface area (Å²) >= 11 is 0. The van der Waals surface area contributed by atoms with Crippen molar-refractivity contribution in [1.29, 1.82) is 0 Å². The third kappa shape index (κ3) is 3.15. The van der Waals surface area contributed by atoms with E-state index < -0.39 is 7.26 Å². The lowest BCUT2D eigenvalue weighted by Crippen LogP contribution is -2.31. The molecule has 1 atom stereocenters. The van der Waals surface area contributed by atoms with E-state index in [1.165, 1.54) is 10.9 Å². The topological polar surface area (TPSA) is 28.2 Å². The first kappa shape index (κ1) is 14.2. The largest absolute Gasteiger partial charge is 0.266 e. The molecular formula is C17H21N3P+. The molecule has 0 spiro atoms. The van der Waals surface area contributed by atoms with E-state index in [0.717, 1.165) is 5.82 Å². The summed E-state index contributed by atoms with van der Waals surface area (Å²) in [7, 11) is -0.938. The summed E-state index contributed by atoms with van der Waals surface area (Å²) in [4.78, 5) is 4.35. The highest BCUT2D eigenvalue weighted by atomic mass is 31.2. The second-order valence-electron chi connectivity index (χ2n) is 6.11. The lowest BCUT2D eigenvalue weighted by molar-refractivity contribution is 0.665. The summed E-state index contributed by atoms with van der Waals surface area (Å²) < 4.78 is 0. The van der Waals surface area contributed by atoms with Crippen LogP contribution in [0.2, 0.25) is 0 Å². The number of rotatable bonds is 3. The van der Waals surface area contributed by atoms with Crippen molar-refractivity contribution in [1.82, 2.24) is 10.4 Å². The minimum Gasteiger partial charge on any atom is -0.266 e. The maximum absolute atomic E-state index is 4.35. The Hall–Kier alpha value is -1.70. The zero-order valence-corrected chi connectivity index (χ0v) is 13.6. The molecule has 0 saturated carbocycles. The zero-order chi connectivity index (χ0) is 14.9. The van der Waals surface area contributed by atoms with Gasteiger partial charge >= 0.3 is 0 Å². The lowest BCUT2D eigenvalue weighted by Gasteiger charge is -2.19. The third-order valence-corrected chi connectivity index (χ3v) is 5.48. The van der Waals surface area contributed by atoms with Crippen molar-refractivity contribution in [3.05, 3.63) is 66.5 Å². The molecule has 0 fully saturated rings. The van der Waals surface area contributed by atoms with Gasteiger partial charge in [0.2, 0.25) is 0 Å². The van der Waals surface area contributed by atoms with Gasteiger partial charge in [-0.3, -0.25) is 5.01 Å². The van der Waals surface area contributed by atoms with Crippen LogP contribution in [0, 0.1) is 0 Å².